The van der Waals surface area contributed by atoms with Crippen molar-refractivity contribution in [3.8, 4) is 11.4 Å². The van der Waals surface area contributed by atoms with Crippen molar-refractivity contribution in [1.82, 2.24) is 24.4 Å². The molecule has 2 fully saturated rings. The van der Waals surface area contributed by atoms with Gasteiger partial charge < -0.3 is 5.32 Å². The second-order valence-corrected chi connectivity index (χ2v) is 10.4. The summed E-state index contributed by atoms with van der Waals surface area (Å²) < 4.78 is 41.7. The molecule has 0 unspecified atom stereocenters. The van der Waals surface area contributed by atoms with E-state index in [1.54, 1.807) is 21.1 Å². The molecule has 1 saturated carbocycles. The molecule has 1 saturated heterocycles. The molecule has 2 aliphatic heterocycles. The van der Waals surface area contributed by atoms with E-state index in [0.717, 1.165) is 12.8 Å². The first-order valence-electron chi connectivity index (χ1n) is 9.84. The van der Waals surface area contributed by atoms with Crippen molar-refractivity contribution in [3.63, 3.8) is 0 Å². The molecule has 154 valence electrons. The van der Waals surface area contributed by atoms with E-state index in [2.05, 4.69) is 15.4 Å². The van der Waals surface area contributed by atoms with E-state index in [4.69, 9.17) is 0 Å². The predicted molar refractivity (Wildman–Crippen MR) is 103 cm³/mol. The SMILES string of the molecule is O=C1Cn2nc(-c3cccc(F)c3)nc2CC2(CCN(S(=O)(=O)C3CC3)CC2)N1. The standard InChI is InChI=1S/C19H22FN5O3S/c20-14-3-1-2-13(10-14)18-21-16-11-19(22-17(26)12-25(16)23-18)6-8-24(9-7-19)29(27,28)15-4-5-15/h1-3,10,15H,4-9,11-12H2,(H,22,26). The van der Waals surface area contributed by atoms with Gasteiger partial charge in [0.1, 0.15) is 18.2 Å². The minimum absolute atomic E-state index is 0.0451. The summed E-state index contributed by atoms with van der Waals surface area (Å²) in [5, 5.41) is 7.27. The van der Waals surface area contributed by atoms with Crippen LogP contribution in [-0.4, -0.2) is 57.3 Å². The third-order valence-corrected chi connectivity index (χ3v) is 8.41. The van der Waals surface area contributed by atoms with E-state index < -0.39 is 15.6 Å². The van der Waals surface area contributed by atoms with Crippen LogP contribution < -0.4 is 5.32 Å². The molecule has 5 rings (SSSR count). The molecule has 3 aliphatic rings. The van der Waals surface area contributed by atoms with Gasteiger partial charge in [0.15, 0.2) is 5.82 Å². The molecule has 10 heteroatoms. The zero-order valence-corrected chi connectivity index (χ0v) is 16.7. The van der Waals surface area contributed by atoms with E-state index in [1.807, 2.05) is 0 Å². The monoisotopic (exact) mass is 419 g/mol. The van der Waals surface area contributed by atoms with Gasteiger partial charge in [0.2, 0.25) is 15.9 Å². The molecule has 1 aliphatic carbocycles. The topological polar surface area (TPSA) is 97.2 Å². The molecule has 1 spiro atoms. The average Bonchev–Trinajstić information content (AvgIpc) is 3.48. The number of hydrogen-bond donors (Lipinski definition) is 1. The maximum absolute atomic E-state index is 13.6. The molecule has 0 radical (unpaired) electrons. The summed E-state index contributed by atoms with van der Waals surface area (Å²) in [5.41, 5.74) is 0.0260. The van der Waals surface area contributed by atoms with Gasteiger partial charge in [0, 0.05) is 30.6 Å². The lowest BCUT2D eigenvalue weighted by Gasteiger charge is -2.40. The summed E-state index contributed by atoms with van der Waals surface area (Å²) in [6.07, 6.45) is 3.03. The normalized spacial score (nSPS) is 22.2. The fourth-order valence-electron chi connectivity index (χ4n) is 4.25. The van der Waals surface area contributed by atoms with E-state index in [9.17, 15) is 17.6 Å². The number of piperidine rings is 1. The molecule has 0 bridgehead atoms. The van der Waals surface area contributed by atoms with Gasteiger partial charge in [-0.3, -0.25) is 4.79 Å². The van der Waals surface area contributed by atoms with E-state index in [-0.39, 0.29) is 23.5 Å². The van der Waals surface area contributed by atoms with Crippen LogP contribution in [0.25, 0.3) is 11.4 Å². The highest BCUT2D eigenvalue weighted by Gasteiger charge is 2.46. The van der Waals surface area contributed by atoms with Crippen LogP contribution in [0.1, 0.15) is 31.5 Å². The summed E-state index contributed by atoms with van der Waals surface area (Å²) in [6, 6.07) is 6.05. The fourth-order valence-corrected chi connectivity index (χ4v) is 6.09. The van der Waals surface area contributed by atoms with Gasteiger partial charge in [-0.25, -0.2) is 26.8 Å². The van der Waals surface area contributed by atoms with Crippen LogP contribution in [0.5, 0.6) is 0 Å². The quantitative estimate of drug-likeness (QED) is 0.803. The van der Waals surface area contributed by atoms with Crippen molar-refractivity contribution >= 4 is 15.9 Å². The van der Waals surface area contributed by atoms with Crippen LogP contribution in [0.15, 0.2) is 24.3 Å². The average molecular weight is 419 g/mol. The molecule has 1 aromatic heterocycles. The third kappa shape index (κ3) is 3.44. The second kappa shape index (κ2) is 6.60. The Morgan fingerprint density at radius 2 is 1.97 bits per heavy atom. The first-order valence-corrected chi connectivity index (χ1v) is 11.3. The van der Waals surface area contributed by atoms with Gasteiger partial charge in [-0.2, -0.15) is 5.10 Å². The number of rotatable bonds is 3. The Balaban J connectivity index is 1.40. The molecule has 8 nitrogen and oxygen atoms in total. The zero-order valence-electron chi connectivity index (χ0n) is 15.8. The van der Waals surface area contributed by atoms with Crippen molar-refractivity contribution in [2.24, 2.45) is 0 Å². The molecule has 1 amide bonds. The summed E-state index contributed by atoms with van der Waals surface area (Å²) in [4.78, 5) is 17.1. The van der Waals surface area contributed by atoms with Crippen molar-refractivity contribution in [1.29, 1.82) is 0 Å². The number of halogens is 1. The largest absolute Gasteiger partial charge is 0.349 e. The maximum atomic E-state index is 13.6. The van der Waals surface area contributed by atoms with Gasteiger partial charge in [-0.15, -0.1) is 0 Å². The van der Waals surface area contributed by atoms with Crippen molar-refractivity contribution in [2.45, 2.75) is 49.4 Å². The van der Waals surface area contributed by atoms with Crippen LogP contribution in [-0.2, 0) is 27.8 Å². The molecule has 29 heavy (non-hydrogen) atoms. The number of fused-ring (bicyclic) bond motifs is 1. The first kappa shape index (κ1) is 18.7. The minimum Gasteiger partial charge on any atom is -0.349 e. The molecule has 3 heterocycles. The molecular weight excluding hydrogens is 397 g/mol. The van der Waals surface area contributed by atoms with E-state index in [1.165, 1.54) is 12.1 Å². The number of benzene rings is 1. The number of sulfonamides is 1. The van der Waals surface area contributed by atoms with Crippen LogP contribution in [0.4, 0.5) is 4.39 Å². The van der Waals surface area contributed by atoms with E-state index >= 15 is 0 Å². The molecular formula is C19H22FN5O3S. The molecule has 2 aromatic rings. The van der Waals surface area contributed by atoms with Crippen LogP contribution >= 0.6 is 0 Å². The Morgan fingerprint density at radius 1 is 1.21 bits per heavy atom. The smallest absolute Gasteiger partial charge is 0.242 e. The van der Waals surface area contributed by atoms with Gasteiger partial charge in [-0.05, 0) is 37.8 Å². The summed E-state index contributed by atoms with van der Waals surface area (Å²) >= 11 is 0. The lowest BCUT2D eigenvalue weighted by atomic mass is 9.85. The van der Waals surface area contributed by atoms with Gasteiger partial charge in [0.25, 0.3) is 0 Å². The Bertz CT molecular complexity index is 1070. The number of carbonyl (C=O) groups is 1. The lowest BCUT2D eigenvalue weighted by molar-refractivity contribution is -0.123. The number of amides is 1. The number of hydrogen-bond acceptors (Lipinski definition) is 5. The van der Waals surface area contributed by atoms with Crippen LogP contribution in [0.3, 0.4) is 0 Å². The predicted octanol–water partition coefficient (Wildman–Crippen LogP) is 1.08. The summed E-state index contributed by atoms with van der Waals surface area (Å²) in [7, 11) is -3.21. The van der Waals surface area contributed by atoms with Crippen LogP contribution in [0, 0.1) is 5.82 Å². The Morgan fingerprint density at radius 3 is 2.66 bits per heavy atom. The highest BCUT2D eigenvalue weighted by atomic mass is 32.2. The Hall–Kier alpha value is -2.33. The lowest BCUT2D eigenvalue weighted by Crippen LogP contribution is -2.57. The van der Waals surface area contributed by atoms with Crippen molar-refractivity contribution in [3.05, 3.63) is 35.9 Å². The second-order valence-electron chi connectivity index (χ2n) is 8.17. The Kier molecular flexibility index (Phi) is 4.25. The highest BCUT2D eigenvalue weighted by molar-refractivity contribution is 7.90. The number of nitrogens with one attached hydrogen (secondary N) is 1. The van der Waals surface area contributed by atoms with Gasteiger partial charge in [-0.1, -0.05) is 12.1 Å². The fraction of sp³-hybridized carbons (Fsp3) is 0.526. The number of carbonyl (C=O) groups excluding carboxylic acids is 1. The summed E-state index contributed by atoms with van der Waals surface area (Å²) in [5.74, 6) is 0.503. The zero-order chi connectivity index (χ0) is 20.2. The van der Waals surface area contributed by atoms with Gasteiger partial charge in [0.05, 0.1) is 5.25 Å². The van der Waals surface area contributed by atoms with Crippen molar-refractivity contribution < 1.29 is 17.6 Å². The first-order chi connectivity index (χ1) is 13.8. The van der Waals surface area contributed by atoms with Crippen LogP contribution in [0.2, 0.25) is 0 Å². The summed E-state index contributed by atoms with van der Waals surface area (Å²) in [6.45, 7) is 0.831. The molecule has 1 N–H and O–H groups in total. The Labute approximate surface area is 168 Å². The van der Waals surface area contributed by atoms with Crippen molar-refractivity contribution in [2.75, 3.05) is 13.1 Å². The maximum Gasteiger partial charge on any atom is 0.242 e. The number of nitrogens with zero attached hydrogens (tertiary/aromatic N) is 4. The molecule has 1 aromatic carbocycles. The third-order valence-electron chi connectivity index (χ3n) is 6.01. The highest BCUT2D eigenvalue weighted by Crippen LogP contribution is 2.35. The minimum atomic E-state index is -3.21. The van der Waals surface area contributed by atoms with Gasteiger partial charge >= 0.3 is 0 Å². The van der Waals surface area contributed by atoms with E-state index in [0.29, 0.717) is 49.6 Å². The molecule has 0 atom stereocenters. The number of aromatic nitrogens is 3.